The van der Waals surface area contributed by atoms with Crippen LogP contribution in [0.3, 0.4) is 0 Å². The van der Waals surface area contributed by atoms with E-state index < -0.39 is 48.2 Å². The van der Waals surface area contributed by atoms with Gasteiger partial charge in [0.05, 0.1) is 21.3 Å². The Bertz CT molecular complexity index is 630. The molecule has 12 nitrogen and oxygen atoms in total. The van der Waals surface area contributed by atoms with Crippen LogP contribution < -0.4 is 16.4 Å². The highest BCUT2D eigenvalue weighted by Gasteiger charge is 2.38. The Labute approximate surface area is 181 Å². The number of ether oxygens (including phenoxy) is 3. The fraction of sp³-hybridized carbons (Fsp3) is 0.706. The summed E-state index contributed by atoms with van der Waals surface area (Å²) in [4.78, 5) is 55.6. The van der Waals surface area contributed by atoms with Crippen molar-refractivity contribution in [3.63, 3.8) is 0 Å². The number of carbonyl (C=O) groups excluding carboxylic acids is 4. The molecule has 0 unspecified atom stereocenters. The van der Waals surface area contributed by atoms with E-state index in [0.717, 1.165) is 7.11 Å². The number of amides is 2. The van der Waals surface area contributed by atoms with Crippen LogP contribution in [0.2, 0.25) is 0 Å². The monoisotopic (exact) mass is 475 g/mol. The van der Waals surface area contributed by atoms with Crippen LogP contribution in [0, 0.1) is 0 Å². The van der Waals surface area contributed by atoms with Crippen molar-refractivity contribution < 1.29 is 56.5 Å². The third-order valence-corrected chi connectivity index (χ3v) is 3.64. The van der Waals surface area contributed by atoms with E-state index in [1.165, 1.54) is 14.2 Å². The lowest BCUT2D eigenvalue weighted by Gasteiger charge is -2.20. The number of halogens is 3. The summed E-state index contributed by atoms with van der Waals surface area (Å²) in [5, 5.41) is 12.0. The zero-order valence-corrected chi connectivity index (χ0v) is 17.8. The van der Waals surface area contributed by atoms with Gasteiger partial charge in [0.1, 0.15) is 12.1 Å². The summed E-state index contributed by atoms with van der Waals surface area (Å²) in [5.41, 5.74) is 5.40. The molecular weight excluding hydrogens is 447 g/mol. The van der Waals surface area contributed by atoms with E-state index in [4.69, 9.17) is 15.6 Å². The second-order valence-electron chi connectivity index (χ2n) is 5.97. The quantitative estimate of drug-likeness (QED) is 0.181. The van der Waals surface area contributed by atoms with Crippen LogP contribution in [-0.4, -0.2) is 81.1 Å². The van der Waals surface area contributed by atoms with E-state index in [2.05, 4.69) is 24.8 Å². The summed E-state index contributed by atoms with van der Waals surface area (Å²) in [6.07, 6.45) is -3.49. The number of alkyl halides is 3. The zero-order chi connectivity index (χ0) is 25.3. The second kappa shape index (κ2) is 16.6. The number of esters is 3. The van der Waals surface area contributed by atoms with Crippen molar-refractivity contribution in [3.05, 3.63) is 0 Å². The highest BCUT2D eigenvalue weighted by molar-refractivity contribution is 5.87. The maximum Gasteiger partial charge on any atom is 0.490 e. The number of carbonyl (C=O) groups is 5. The highest BCUT2D eigenvalue weighted by atomic mass is 19.4. The molecule has 186 valence electrons. The van der Waals surface area contributed by atoms with Crippen LogP contribution in [0.25, 0.3) is 0 Å². The number of unbranched alkanes of at least 4 members (excludes halogenated alkanes) is 1. The van der Waals surface area contributed by atoms with Gasteiger partial charge >= 0.3 is 36.1 Å². The van der Waals surface area contributed by atoms with Crippen molar-refractivity contribution in [1.29, 1.82) is 0 Å². The lowest BCUT2D eigenvalue weighted by Crippen LogP contribution is -2.51. The number of urea groups is 1. The van der Waals surface area contributed by atoms with Gasteiger partial charge in [-0.15, -0.1) is 0 Å². The normalized spacial score (nSPS) is 12.2. The van der Waals surface area contributed by atoms with Gasteiger partial charge in [-0.3, -0.25) is 4.79 Å². The molecule has 0 saturated heterocycles. The van der Waals surface area contributed by atoms with Gasteiger partial charge in [0.15, 0.2) is 0 Å². The van der Waals surface area contributed by atoms with E-state index in [1.807, 2.05) is 0 Å². The van der Waals surface area contributed by atoms with Crippen LogP contribution in [0.5, 0.6) is 0 Å². The molecule has 0 aromatic carbocycles. The highest BCUT2D eigenvalue weighted by Crippen LogP contribution is 2.13. The number of carboxylic acids is 1. The Morgan fingerprint density at radius 2 is 1.31 bits per heavy atom. The Balaban J connectivity index is 0. The average molecular weight is 475 g/mol. The molecule has 0 aromatic rings. The van der Waals surface area contributed by atoms with Gasteiger partial charge in [0.2, 0.25) is 0 Å². The minimum Gasteiger partial charge on any atom is -0.475 e. The predicted molar refractivity (Wildman–Crippen MR) is 101 cm³/mol. The Hall–Kier alpha value is -3.10. The number of aliphatic carboxylic acids is 1. The first-order valence-electron chi connectivity index (χ1n) is 9.13. The van der Waals surface area contributed by atoms with Crippen molar-refractivity contribution in [3.8, 4) is 0 Å². The van der Waals surface area contributed by atoms with Gasteiger partial charge in [-0.2, -0.15) is 13.2 Å². The number of hydrogen-bond donors (Lipinski definition) is 4. The third-order valence-electron chi connectivity index (χ3n) is 3.64. The molecule has 0 bridgehead atoms. The molecule has 32 heavy (non-hydrogen) atoms. The molecule has 0 saturated carbocycles. The molecule has 0 rings (SSSR count). The number of nitrogens with one attached hydrogen (secondary N) is 2. The summed E-state index contributed by atoms with van der Waals surface area (Å²) in [7, 11) is 3.60. The largest absolute Gasteiger partial charge is 0.490 e. The van der Waals surface area contributed by atoms with E-state index in [1.54, 1.807) is 0 Å². The molecule has 0 aliphatic carbocycles. The fourth-order valence-corrected chi connectivity index (χ4v) is 2.00. The average Bonchev–Trinajstić information content (AvgIpc) is 2.74. The van der Waals surface area contributed by atoms with Gasteiger partial charge in [-0.25, -0.2) is 19.2 Å². The summed E-state index contributed by atoms with van der Waals surface area (Å²) in [6.45, 7) is 0.470. The molecule has 2 atom stereocenters. The molecule has 0 heterocycles. The SMILES string of the molecule is COC(=O)CC[C@H](NC(=O)N[C@@H](CCCCN)C(=O)OC)C(=O)OC.O=C(O)C(F)(F)F. The molecule has 0 fully saturated rings. The van der Waals surface area contributed by atoms with Crippen molar-refractivity contribution in [2.75, 3.05) is 27.9 Å². The standard InChI is InChI=1S/C15H27N3O7.C2HF3O2/c1-23-12(19)8-7-11(14(21)25-3)18-15(22)17-10(13(20)24-2)6-4-5-9-16;3-2(4,5)1(6)7/h10-11H,4-9,16H2,1-3H3,(H2,17,18,22);(H,6,7)/t10-,11-;/m0./s1. The zero-order valence-electron chi connectivity index (χ0n) is 17.8. The van der Waals surface area contributed by atoms with Gasteiger partial charge < -0.3 is 35.7 Å². The first kappa shape index (κ1) is 31.1. The topological polar surface area (TPSA) is 183 Å². The number of methoxy groups -OCH3 is 3. The molecule has 0 aliphatic rings. The van der Waals surface area contributed by atoms with E-state index >= 15 is 0 Å². The van der Waals surface area contributed by atoms with Gasteiger partial charge in [0, 0.05) is 6.42 Å². The predicted octanol–water partition coefficient (Wildman–Crippen LogP) is 0.0843. The fourth-order valence-electron chi connectivity index (χ4n) is 2.00. The maximum atomic E-state index is 12.1. The number of carboxylic acid groups (broad SMARTS) is 1. The minimum absolute atomic E-state index is 0.00281. The first-order valence-corrected chi connectivity index (χ1v) is 9.13. The van der Waals surface area contributed by atoms with Crippen molar-refractivity contribution >= 4 is 29.9 Å². The van der Waals surface area contributed by atoms with Crippen LogP contribution in [0.1, 0.15) is 32.1 Å². The van der Waals surface area contributed by atoms with Crippen LogP contribution in [-0.2, 0) is 33.4 Å². The third kappa shape index (κ3) is 14.8. The van der Waals surface area contributed by atoms with Crippen molar-refractivity contribution in [2.24, 2.45) is 5.73 Å². The molecule has 0 aromatic heterocycles. The summed E-state index contributed by atoms with van der Waals surface area (Å²) in [5.74, 6) is -4.59. The smallest absolute Gasteiger partial charge is 0.475 e. The Morgan fingerprint density at radius 1 is 0.875 bits per heavy atom. The number of hydrogen-bond acceptors (Lipinski definition) is 9. The van der Waals surface area contributed by atoms with E-state index in [-0.39, 0.29) is 12.8 Å². The molecule has 5 N–H and O–H groups in total. The lowest BCUT2D eigenvalue weighted by atomic mass is 10.1. The maximum absolute atomic E-state index is 12.1. The lowest BCUT2D eigenvalue weighted by molar-refractivity contribution is -0.192. The number of nitrogens with two attached hydrogens (primary N) is 1. The van der Waals surface area contributed by atoms with Crippen molar-refractivity contribution in [2.45, 2.75) is 50.4 Å². The van der Waals surface area contributed by atoms with E-state index in [9.17, 15) is 32.3 Å². The Morgan fingerprint density at radius 3 is 1.66 bits per heavy atom. The second-order valence-corrected chi connectivity index (χ2v) is 5.97. The molecule has 2 amide bonds. The molecule has 0 radical (unpaired) electrons. The van der Waals surface area contributed by atoms with Crippen LogP contribution in [0.4, 0.5) is 18.0 Å². The Kier molecular flexibility index (Phi) is 16.1. The van der Waals surface area contributed by atoms with Crippen molar-refractivity contribution in [1.82, 2.24) is 10.6 Å². The molecule has 0 aliphatic heterocycles. The van der Waals surface area contributed by atoms with Crippen LogP contribution in [0.15, 0.2) is 0 Å². The summed E-state index contributed by atoms with van der Waals surface area (Å²) >= 11 is 0. The van der Waals surface area contributed by atoms with E-state index in [0.29, 0.717) is 25.8 Å². The van der Waals surface area contributed by atoms with Gasteiger partial charge in [0.25, 0.3) is 0 Å². The number of rotatable bonds is 11. The van der Waals surface area contributed by atoms with Gasteiger partial charge in [-0.1, -0.05) is 0 Å². The summed E-state index contributed by atoms with van der Waals surface area (Å²) < 4.78 is 45.5. The summed E-state index contributed by atoms with van der Waals surface area (Å²) in [6, 6.07) is -2.66. The van der Waals surface area contributed by atoms with Crippen LogP contribution >= 0.6 is 0 Å². The minimum atomic E-state index is -5.08. The molecular formula is C17H28F3N3O9. The molecule has 0 spiro atoms. The first-order chi connectivity index (χ1) is 14.8. The molecule has 15 heteroatoms. The van der Waals surface area contributed by atoms with Gasteiger partial charge in [-0.05, 0) is 32.2 Å².